The standard InChI is InChI=1S/C16H18ClNO2S/c1-15(2,3)14(19)20-16(4,13-6-5-9-21-13)11-10-18-8-7-12(11)17/h5-10H,1-4H3. The summed E-state index contributed by atoms with van der Waals surface area (Å²) in [7, 11) is 0. The van der Waals surface area contributed by atoms with E-state index < -0.39 is 11.0 Å². The molecule has 0 aliphatic carbocycles. The summed E-state index contributed by atoms with van der Waals surface area (Å²) < 4.78 is 5.86. The smallest absolute Gasteiger partial charge is 0.312 e. The molecule has 0 aromatic carbocycles. The van der Waals surface area contributed by atoms with E-state index in [1.807, 2.05) is 45.2 Å². The van der Waals surface area contributed by atoms with Gasteiger partial charge in [0, 0.05) is 18.0 Å². The number of nitrogens with zero attached hydrogens (tertiary/aromatic N) is 1. The number of hydrogen-bond acceptors (Lipinski definition) is 4. The van der Waals surface area contributed by atoms with E-state index in [0.717, 1.165) is 4.88 Å². The third-order valence-electron chi connectivity index (χ3n) is 3.18. The normalized spacial score (nSPS) is 14.5. The molecule has 0 aliphatic rings. The van der Waals surface area contributed by atoms with Crippen LogP contribution in [0.15, 0.2) is 36.0 Å². The summed E-state index contributed by atoms with van der Waals surface area (Å²) in [6.45, 7) is 7.34. The maximum Gasteiger partial charge on any atom is 0.312 e. The second kappa shape index (κ2) is 5.78. The Balaban J connectivity index is 2.51. The summed E-state index contributed by atoms with van der Waals surface area (Å²) >= 11 is 7.82. The predicted octanol–water partition coefficient (Wildman–Crippen LogP) is 4.65. The third kappa shape index (κ3) is 3.27. The van der Waals surface area contributed by atoms with Crippen molar-refractivity contribution < 1.29 is 9.53 Å². The molecule has 3 nitrogen and oxygen atoms in total. The van der Waals surface area contributed by atoms with E-state index in [0.29, 0.717) is 10.6 Å². The van der Waals surface area contributed by atoms with Gasteiger partial charge in [-0.15, -0.1) is 11.3 Å². The maximum absolute atomic E-state index is 12.4. The molecular formula is C16H18ClNO2S. The number of ether oxygens (including phenoxy) is 1. The predicted molar refractivity (Wildman–Crippen MR) is 85.6 cm³/mol. The van der Waals surface area contributed by atoms with Crippen LogP contribution in [0, 0.1) is 5.41 Å². The summed E-state index contributed by atoms with van der Waals surface area (Å²) in [5, 5.41) is 2.48. The average molecular weight is 324 g/mol. The molecule has 0 radical (unpaired) electrons. The number of hydrogen-bond donors (Lipinski definition) is 0. The molecule has 2 aromatic heterocycles. The van der Waals surface area contributed by atoms with Crippen molar-refractivity contribution >= 4 is 28.9 Å². The molecule has 0 saturated heterocycles. The average Bonchev–Trinajstić information content (AvgIpc) is 2.92. The highest BCUT2D eigenvalue weighted by Gasteiger charge is 2.39. The van der Waals surface area contributed by atoms with E-state index in [1.54, 1.807) is 18.5 Å². The Morgan fingerprint density at radius 1 is 1.29 bits per heavy atom. The quantitative estimate of drug-likeness (QED) is 0.772. The minimum absolute atomic E-state index is 0.279. The number of carbonyl (C=O) groups excluding carboxylic acids is 1. The first-order valence-electron chi connectivity index (χ1n) is 6.62. The Labute approximate surface area is 133 Å². The van der Waals surface area contributed by atoms with Crippen LogP contribution in [0.2, 0.25) is 5.02 Å². The van der Waals surface area contributed by atoms with Crippen LogP contribution < -0.4 is 0 Å². The van der Waals surface area contributed by atoms with Crippen molar-refractivity contribution in [2.75, 3.05) is 0 Å². The molecule has 0 amide bonds. The molecule has 0 bridgehead atoms. The Bertz CT molecular complexity index is 634. The van der Waals surface area contributed by atoms with Gasteiger partial charge in [0.15, 0.2) is 5.60 Å². The maximum atomic E-state index is 12.4. The van der Waals surface area contributed by atoms with E-state index in [4.69, 9.17) is 16.3 Å². The molecule has 2 rings (SSSR count). The third-order valence-corrected chi connectivity index (χ3v) is 4.58. The molecule has 2 heterocycles. The highest BCUT2D eigenvalue weighted by Crippen LogP contribution is 2.40. The molecule has 0 fully saturated rings. The van der Waals surface area contributed by atoms with Crippen LogP contribution in [0.5, 0.6) is 0 Å². The molecule has 0 aliphatic heterocycles. The molecule has 0 saturated carbocycles. The lowest BCUT2D eigenvalue weighted by molar-refractivity contribution is -0.164. The fourth-order valence-corrected chi connectivity index (χ4v) is 2.98. The largest absolute Gasteiger partial charge is 0.448 e. The van der Waals surface area contributed by atoms with Gasteiger partial charge in [-0.05, 0) is 45.2 Å². The SMILES string of the molecule is CC(C)(C)C(=O)OC(C)(c1cccs1)c1cnccc1Cl. The van der Waals surface area contributed by atoms with Crippen molar-refractivity contribution in [3.8, 4) is 0 Å². The first-order valence-corrected chi connectivity index (χ1v) is 7.88. The minimum Gasteiger partial charge on any atom is -0.448 e. The number of pyridine rings is 1. The Kier molecular flexibility index (Phi) is 4.40. The van der Waals surface area contributed by atoms with Crippen LogP contribution in [-0.2, 0) is 15.1 Å². The van der Waals surface area contributed by atoms with Crippen LogP contribution in [0.25, 0.3) is 0 Å². The molecule has 2 aromatic rings. The van der Waals surface area contributed by atoms with Crippen LogP contribution in [0.4, 0.5) is 0 Å². The van der Waals surface area contributed by atoms with Crippen LogP contribution in [0.3, 0.4) is 0 Å². The van der Waals surface area contributed by atoms with Crippen LogP contribution in [-0.4, -0.2) is 11.0 Å². The summed E-state index contributed by atoms with van der Waals surface area (Å²) in [6, 6.07) is 5.56. The Hall–Kier alpha value is -1.39. The van der Waals surface area contributed by atoms with Crippen molar-refractivity contribution in [3.63, 3.8) is 0 Å². The van der Waals surface area contributed by atoms with Crippen molar-refractivity contribution in [3.05, 3.63) is 51.4 Å². The van der Waals surface area contributed by atoms with Gasteiger partial charge in [-0.25, -0.2) is 0 Å². The highest BCUT2D eigenvalue weighted by atomic mass is 35.5. The number of halogens is 1. The van der Waals surface area contributed by atoms with E-state index in [1.165, 1.54) is 11.3 Å². The first-order chi connectivity index (χ1) is 9.75. The van der Waals surface area contributed by atoms with E-state index >= 15 is 0 Å². The Morgan fingerprint density at radius 2 is 2.00 bits per heavy atom. The van der Waals surface area contributed by atoms with E-state index in [9.17, 15) is 4.79 Å². The molecule has 1 unspecified atom stereocenters. The molecule has 5 heteroatoms. The minimum atomic E-state index is -0.941. The fourth-order valence-electron chi connectivity index (χ4n) is 1.86. The van der Waals surface area contributed by atoms with Gasteiger partial charge in [0.05, 0.1) is 15.3 Å². The lowest BCUT2D eigenvalue weighted by atomic mass is 9.93. The highest BCUT2D eigenvalue weighted by molar-refractivity contribution is 7.10. The zero-order valence-corrected chi connectivity index (χ0v) is 14.1. The van der Waals surface area contributed by atoms with Gasteiger partial charge < -0.3 is 4.74 Å². The van der Waals surface area contributed by atoms with Gasteiger partial charge in [-0.2, -0.15) is 0 Å². The van der Waals surface area contributed by atoms with Crippen molar-refractivity contribution in [2.45, 2.75) is 33.3 Å². The van der Waals surface area contributed by atoms with Crippen molar-refractivity contribution in [2.24, 2.45) is 5.41 Å². The topological polar surface area (TPSA) is 39.2 Å². The molecule has 21 heavy (non-hydrogen) atoms. The summed E-state index contributed by atoms with van der Waals surface area (Å²) in [5.74, 6) is -0.279. The summed E-state index contributed by atoms with van der Waals surface area (Å²) in [4.78, 5) is 17.4. The number of thiophene rings is 1. The number of carbonyl (C=O) groups is 1. The second-order valence-electron chi connectivity index (χ2n) is 6.01. The summed E-state index contributed by atoms with van der Waals surface area (Å²) in [6.07, 6.45) is 3.27. The van der Waals surface area contributed by atoms with Gasteiger partial charge in [0.2, 0.25) is 0 Å². The van der Waals surface area contributed by atoms with E-state index in [2.05, 4.69) is 4.98 Å². The lowest BCUT2D eigenvalue weighted by Gasteiger charge is -2.32. The number of aromatic nitrogens is 1. The number of rotatable bonds is 3. The molecule has 0 N–H and O–H groups in total. The molecular weight excluding hydrogens is 306 g/mol. The monoisotopic (exact) mass is 323 g/mol. The molecule has 112 valence electrons. The second-order valence-corrected chi connectivity index (χ2v) is 7.36. The van der Waals surface area contributed by atoms with Gasteiger partial charge in [0.1, 0.15) is 0 Å². The molecule has 0 spiro atoms. The van der Waals surface area contributed by atoms with Gasteiger partial charge in [0.25, 0.3) is 0 Å². The lowest BCUT2D eigenvalue weighted by Crippen LogP contribution is -2.35. The number of esters is 1. The fraction of sp³-hybridized carbons (Fsp3) is 0.375. The van der Waals surface area contributed by atoms with Gasteiger partial charge >= 0.3 is 5.97 Å². The van der Waals surface area contributed by atoms with Crippen LogP contribution in [0.1, 0.15) is 38.1 Å². The van der Waals surface area contributed by atoms with E-state index in [-0.39, 0.29) is 5.97 Å². The van der Waals surface area contributed by atoms with Crippen LogP contribution >= 0.6 is 22.9 Å². The zero-order chi connectivity index (χ0) is 15.7. The van der Waals surface area contributed by atoms with Gasteiger partial charge in [-0.1, -0.05) is 17.7 Å². The first kappa shape index (κ1) is 16.0. The summed E-state index contributed by atoms with van der Waals surface area (Å²) in [5.41, 5.74) is -0.844. The van der Waals surface area contributed by atoms with Gasteiger partial charge in [-0.3, -0.25) is 9.78 Å². The molecule has 1 atom stereocenters. The Morgan fingerprint density at radius 3 is 2.52 bits per heavy atom. The van der Waals surface area contributed by atoms with Crippen molar-refractivity contribution in [1.82, 2.24) is 4.98 Å². The zero-order valence-electron chi connectivity index (χ0n) is 12.5. The van der Waals surface area contributed by atoms with Crippen molar-refractivity contribution in [1.29, 1.82) is 0 Å².